The minimum absolute atomic E-state index is 0.0254. The van der Waals surface area contributed by atoms with E-state index in [9.17, 15) is 26.7 Å². The molecule has 2 heterocycles. The Morgan fingerprint density at radius 1 is 1.08 bits per heavy atom. The Kier molecular flexibility index (Phi) is 7.28. The van der Waals surface area contributed by atoms with Gasteiger partial charge in [0, 0.05) is 54.4 Å². The number of nitrogens with one attached hydrogen (secondary N) is 2. The normalized spacial score (nSPS) is 11.8. The predicted octanol–water partition coefficient (Wildman–Crippen LogP) is 5.31. The van der Waals surface area contributed by atoms with E-state index >= 15 is 0 Å². The number of rotatable bonds is 8. The molecule has 0 bridgehead atoms. The van der Waals surface area contributed by atoms with Crippen molar-refractivity contribution in [2.24, 2.45) is 0 Å². The number of benzene rings is 2. The van der Waals surface area contributed by atoms with E-state index in [0.29, 0.717) is 11.4 Å². The highest BCUT2D eigenvalue weighted by molar-refractivity contribution is 5.87. The maximum atomic E-state index is 13.5. The van der Waals surface area contributed by atoms with Gasteiger partial charge in [-0.1, -0.05) is 6.07 Å². The largest absolute Gasteiger partial charge is 0.573 e. The van der Waals surface area contributed by atoms with E-state index in [1.807, 2.05) is 0 Å². The van der Waals surface area contributed by atoms with Gasteiger partial charge in [-0.25, -0.2) is 13.5 Å². The molecule has 4 aromatic rings. The summed E-state index contributed by atoms with van der Waals surface area (Å²) in [5, 5.41) is 14.6. The zero-order valence-electron chi connectivity index (χ0n) is 19.5. The van der Waals surface area contributed by atoms with Gasteiger partial charge in [0.15, 0.2) is 17.3 Å². The molecule has 0 aliphatic carbocycles. The molecule has 4 rings (SSSR count). The van der Waals surface area contributed by atoms with Crippen molar-refractivity contribution in [3.63, 3.8) is 0 Å². The van der Waals surface area contributed by atoms with Crippen LogP contribution in [0.15, 0.2) is 78.0 Å². The standard InChI is InChI=1S/C25H18F5N5O3/c1-37-23-12-16(34-13-18(26)19(27)14-34)5-6-21(23)35-10-8-22(36)24(33-35)20(7-9-31)32-15-3-2-4-17(11-15)38-25(28,29)30/h2-14,31-32H,1H3/b20-7-,31-9?. The fraction of sp³-hybridized carbons (Fsp3) is 0.0800. The zero-order valence-corrected chi connectivity index (χ0v) is 19.5. The highest BCUT2D eigenvalue weighted by atomic mass is 19.4. The number of hydrogen-bond acceptors (Lipinski definition) is 6. The maximum absolute atomic E-state index is 13.5. The first kappa shape index (κ1) is 26.1. The molecule has 0 fully saturated rings. The van der Waals surface area contributed by atoms with Crippen LogP contribution in [-0.4, -0.2) is 34.0 Å². The van der Waals surface area contributed by atoms with Crippen molar-refractivity contribution in [1.82, 2.24) is 14.3 Å². The molecule has 2 aromatic carbocycles. The van der Waals surface area contributed by atoms with Crippen molar-refractivity contribution in [2.75, 3.05) is 12.4 Å². The van der Waals surface area contributed by atoms with Gasteiger partial charge in [-0.05, 0) is 30.3 Å². The van der Waals surface area contributed by atoms with Gasteiger partial charge in [0.25, 0.3) is 0 Å². The van der Waals surface area contributed by atoms with Crippen LogP contribution in [0, 0.1) is 17.0 Å². The van der Waals surface area contributed by atoms with Gasteiger partial charge in [-0.2, -0.15) is 5.10 Å². The predicted molar refractivity (Wildman–Crippen MR) is 129 cm³/mol. The summed E-state index contributed by atoms with van der Waals surface area (Å²) in [5.41, 5.74) is 0.223. The molecule has 8 nitrogen and oxygen atoms in total. The van der Waals surface area contributed by atoms with Crippen LogP contribution in [0.5, 0.6) is 11.5 Å². The smallest absolute Gasteiger partial charge is 0.494 e. The lowest BCUT2D eigenvalue weighted by atomic mass is 10.2. The van der Waals surface area contributed by atoms with Crippen LogP contribution in [0.2, 0.25) is 0 Å². The molecule has 196 valence electrons. The lowest BCUT2D eigenvalue weighted by molar-refractivity contribution is -0.274. The summed E-state index contributed by atoms with van der Waals surface area (Å²) < 4.78 is 76.6. The Hall–Kier alpha value is -4.94. The van der Waals surface area contributed by atoms with E-state index in [2.05, 4.69) is 15.2 Å². The molecular weight excluding hydrogens is 513 g/mol. The number of aromatic nitrogens is 3. The van der Waals surface area contributed by atoms with Crippen LogP contribution in [0.3, 0.4) is 0 Å². The molecule has 38 heavy (non-hydrogen) atoms. The van der Waals surface area contributed by atoms with Crippen molar-refractivity contribution in [2.45, 2.75) is 6.36 Å². The maximum Gasteiger partial charge on any atom is 0.573 e. The topological polar surface area (TPSA) is 94.2 Å². The molecule has 0 saturated heterocycles. The number of ether oxygens (including phenoxy) is 2. The van der Waals surface area contributed by atoms with Crippen LogP contribution in [0.25, 0.3) is 17.1 Å². The van der Waals surface area contributed by atoms with E-state index in [4.69, 9.17) is 10.1 Å². The Bertz CT molecular complexity index is 1560. The highest BCUT2D eigenvalue weighted by Crippen LogP contribution is 2.28. The summed E-state index contributed by atoms with van der Waals surface area (Å²) in [5.74, 6) is -2.27. The summed E-state index contributed by atoms with van der Waals surface area (Å²) in [6.45, 7) is 0. The molecule has 13 heteroatoms. The van der Waals surface area contributed by atoms with E-state index in [1.165, 1.54) is 52.9 Å². The van der Waals surface area contributed by atoms with Crippen LogP contribution in [0.1, 0.15) is 5.69 Å². The first-order chi connectivity index (χ1) is 18.1. The number of nitrogens with zero attached hydrogens (tertiary/aromatic N) is 3. The number of hydrogen-bond donors (Lipinski definition) is 2. The summed E-state index contributed by atoms with van der Waals surface area (Å²) in [6.07, 6.45) is 0.489. The third kappa shape index (κ3) is 5.88. The molecular formula is C25H18F5N5O3. The first-order valence-electron chi connectivity index (χ1n) is 10.7. The molecule has 2 N–H and O–H groups in total. The molecule has 0 unspecified atom stereocenters. The summed E-state index contributed by atoms with van der Waals surface area (Å²) in [6, 6.07) is 10.8. The fourth-order valence-electron chi connectivity index (χ4n) is 3.49. The van der Waals surface area contributed by atoms with E-state index in [1.54, 1.807) is 12.1 Å². The van der Waals surface area contributed by atoms with Gasteiger partial charge in [0.1, 0.15) is 17.2 Å². The summed E-state index contributed by atoms with van der Waals surface area (Å²) in [4.78, 5) is 12.7. The van der Waals surface area contributed by atoms with Gasteiger partial charge in [0.2, 0.25) is 5.43 Å². The van der Waals surface area contributed by atoms with E-state index in [-0.39, 0.29) is 22.8 Å². The van der Waals surface area contributed by atoms with Crippen molar-refractivity contribution >= 4 is 17.6 Å². The lowest BCUT2D eigenvalue weighted by Gasteiger charge is -2.15. The number of allylic oxidation sites excluding steroid dienone is 1. The first-order valence-corrected chi connectivity index (χ1v) is 10.7. The molecule has 0 amide bonds. The molecule has 0 aliphatic rings. The van der Waals surface area contributed by atoms with Gasteiger partial charge in [-0.3, -0.25) is 4.79 Å². The third-order valence-electron chi connectivity index (χ3n) is 5.10. The van der Waals surface area contributed by atoms with Gasteiger partial charge >= 0.3 is 6.36 Å². The SMILES string of the molecule is COc1cc(-n2cc(F)c(F)c2)ccc1-n1ccc(=O)c(/C(=C/C=N)Nc2cccc(OC(F)(F)F)c2)n1. The lowest BCUT2D eigenvalue weighted by Crippen LogP contribution is -2.19. The van der Waals surface area contributed by atoms with Crippen molar-refractivity contribution < 1.29 is 31.4 Å². The Balaban J connectivity index is 1.70. The van der Waals surface area contributed by atoms with Crippen LogP contribution in [0.4, 0.5) is 27.6 Å². The second kappa shape index (κ2) is 10.6. The molecule has 2 aromatic heterocycles. The fourth-order valence-corrected chi connectivity index (χ4v) is 3.49. The van der Waals surface area contributed by atoms with Crippen LogP contribution in [-0.2, 0) is 0 Å². The van der Waals surface area contributed by atoms with Gasteiger partial charge in [-0.15, -0.1) is 13.2 Å². The Morgan fingerprint density at radius 2 is 1.82 bits per heavy atom. The van der Waals surface area contributed by atoms with Gasteiger partial charge < -0.3 is 24.8 Å². The monoisotopic (exact) mass is 531 g/mol. The summed E-state index contributed by atoms with van der Waals surface area (Å²) in [7, 11) is 1.38. The number of methoxy groups -OCH3 is 1. The quantitative estimate of drug-likeness (QED) is 0.237. The molecule has 0 spiro atoms. The van der Waals surface area contributed by atoms with E-state index in [0.717, 1.165) is 30.7 Å². The van der Waals surface area contributed by atoms with Crippen molar-refractivity contribution in [1.29, 1.82) is 5.41 Å². The second-order valence-electron chi connectivity index (χ2n) is 7.64. The molecule has 0 atom stereocenters. The van der Waals surface area contributed by atoms with Crippen LogP contribution < -0.4 is 20.2 Å². The zero-order chi connectivity index (χ0) is 27.4. The third-order valence-corrected chi connectivity index (χ3v) is 5.10. The Morgan fingerprint density at radius 3 is 2.47 bits per heavy atom. The number of alkyl halides is 3. The van der Waals surface area contributed by atoms with Crippen molar-refractivity contribution in [3.05, 3.63) is 101 Å². The molecule has 0 saturated carbocycles. The number of anilines is 1. The summed E-state index contributed by atoms with van der Waals surface area (Å²) >= 11 is 0. The Labute approximate surface area is 211 Å². The number of halogens is 5. The average Bonchev–Trinajstić information content (AvgIpc) is 3.21. The van der Waals surface area contributed by atoms with Crippen molar-refractivity contribution in [3.8, 4) is 22.9 Å². The molecule has 0 aliphatic heterocycles. The average molecular weight is 531 g/mol. The van der Waals surface area contributed by atoms with E-state index < -0.39 is 29.2 Å². The molecule has 0 radical (unpaired) electrons. The van der Waals surface area contributed by atoms with Crippen LogP contribution >= 0.6 is 0 Å². The minimum atomic E-state index is -4.89. The minimum Gasteiger partial charge on any atom is -0.494 e. The highest BCUT2D eigenvalue weighted by Gasteiger charge is 2.31. The second-order valence-corrected chi connectivity index (χ2v) is 7.64. The van der Waals surface area contributed by atoms with Gasteiger partial charge in [0.05, 0.1) is 12.8 Å².